The number of rotatable bonds is 5. The molecule has 3 aromatic carbocycles. The first-order valence-corrected chi connectivity index (χ1v) is 10.9. The van der Waals surface area contributed by atoms with Crippen molar-refractivity contribution >= 4 is 35.0 Å². The maximum Gasteiger partial charge on any atom is 0.269 e. The zero-order chi connectivity index (χ0) is 23.4. The highest BCUT2D eigenvalue weighted by atomic mass is 32.2. The highest BCUT2D eigenvalue weighted by molar-refractivity contribution is 8.05. The number of anilines is 2. The molecule has 0 saturated carbocycles. The van der Waals surface area contributed by atoms with Gasteiger partial charge in [-0.3, -0.25) is 14.5 Å². The molecule has 1 saturated heterocycles. The maximum absolute atomic E-state index is 14.0. The normalized spacial score (nSPS) is 16.9. The fraction of sp³-hybridized carbons (Fsp3) is 0.0800. The van der Waals surface area contributed by atoms with Gasteiger partial charge in [-0.15, -0.1) is 0 Å². The Balaban J connectivity index is 1.72. The highest BCUT2D eigenvalue weighted by Crippen LogP contribution is 2.42. The van der Waals surface area contributed by atoms with E-state index >= 15 is 0 Å². The Hall–Kier alpha value is -3.96. The molecule has 1 heterocycles. The lowest BCUT2D eigenvalue weighted by molar-refractivity contribution is -0.117. The predicted octanol–water partition coefficient (Wildman–Crippen LogP) is 5.03. The largest absolute Gasteiger partial charge is 0.319 e. The van der Waals surface area contributed by atoms with Crippen molar-refractivity contribution in [2.75, 3.05) is 10.2 Å². The van der Waals surface area contributed by atoms with Gasteiger partial charge in [0.25, 0.3) is 5.91 Å². The number of hydrogen-bond acceptors (Lipinski definition) is 4. The zero-order valence-corrected chi connectivity index (χ0v) is 18.0. The molecule has 0 spiro atoms. The van der Waals surface area contributed by atoms with Crippen LogP contribution in [0.15, 0.2) is 89.5 Å². The maximum atomic E-state index is 14.0. The van der Waals surface area contributed by atoms with E-state index in [1.165, 1.54) is 35.2 Å². The molecule has 5 nitrogen and oxygen atoms in total. The van der Waals surface area contributed by atoms with Crippen LogP contribution in [-0.4, -0.2) is 17.1 Å². The predicted molar refractivity (Wildman–Crippen MR) is 123 cm³/mol. The summed E-state index contributed by atoms with van der Waals surface area (Å²) in [5.41, 5.74) is 0.866. The van der Waals surface area contributed by atoms with E-state index in [1.54, 1.807) is 48.5 Å². The Labute approximate surface area is 193 Å². The Morgan fingerprint density at radius 3 is 2.33 bits per heavy atom. The van der Waals surface area contributed by atoms with E-state index in [1.807, 2.05) is 6.07 Å². The summed E-state index contributed by atoms with van der Waals surface area (Å²) in [5, 5.41) is 11.7. The van der Waals surface area contributed by atoms with Crippen molar-refractivity contribution < 1.29 is 18.4 Å². The molecule has 1 fully saturated rings. The third-order valence-electron chi connectivity index (χ3n) is 4.98. The summed E-state index contributed by atoms with van der Waals surface area (Å²) in [7, 11) is 0. The molecule has 1 aliphatic heterocycles. The minimum absolute atomic E-state index is 0.0701. The minimum Gasteiger partial charge on any atom is -0.319 e. The Kier molecular flexibility index (Phi) is 6.52. The van der Waals surface area contributed by atoms with Crippen molar-refractivity contribution in [3.63, 3.8) is 0 Å². The number of nitriles is 1. The summed E-state index contributed by atoms with van der Waals surface area (Å²) in [5.74, 6) is -2.15. The Bertz CT molecular complexity index is 1270. The molecule has 0 aromatic heterocycles. The molecule has 0 aliphatic carbocycles. The lowest BCUT2D eigenvalue weighted by atomic mass is 10.1. The van der Waals surface area contributed by atoms with E-state index in [9.17, 15) is 23.6 Å². The number of nitrogens with one attached hydrogen (secondary N) is 1. The van der Waals surface area contributed by atoms with Gasteiger partial charge >= 0.3 is 0 Å². The smallest absolute Gasteiger partial charge is 0.269 e. The number of para-hydroxylation sites is 2. The van der Waals surface area contributed by atoms with E-state index in [0.717, 1.165) is 17.3 Å². The number of amides is 2. The summed E-state index contributed by atoms with van der Waals surface area (Å²) in [6.07, 6.45) is 0.282. The summed E-state index contributed by atoms with van der Waals surface area (Å²) in [4.78, 5) is 27.6. The molecule has 33 heavy (non-hydrogen) atoms. The monoisotopic (exact) mass is 461 g/mol. The molecule has 1 aliphatic rings. The average molecular weight is 461 g/mol. The molecule has 0 radical (unpaired) electrons. The Morgan fingerprint density at radius 2 is 1.67 bits per heavy atom. The molecule has 1 atom stereocenters. The number of hydrogen-bond donors (Lipinski definition) is 1. The zero-order valence-electron chi connectivity index (χ0n) is 17.2. The number of carbonyl (C=O) groups is 2. The van der Waals surface area contributed by atoms with Crippen LogP contribution in [0.5, 0.6) is 0 Å². The van der Waals surface area contributed by atoms with Crippen LogP contribution in [0.1, 0.15) is 5.56 Å². The second-order valence-corrected chi connectivity index (χ2v) is 8.36. The molecule has 4 rings (SSSR count). The first-order chi connectivity index (χ1) is 16.0. The van der Waals surface area contributed by atoms with Crippen molar-refractivity contribution in [3.05, 3.63) is 107 Å². The molecule has 8 heteroatoms. The lowest BCUT2D eigenvalue weighted by Gasteiger charge is -2.18. The number of halogens is 2. The fourth-order valence-corrected chi connectivity index (χ4v) is 4.69. The molecular formula is C25H17F2N3O2S. The topological polar surface area (TPSA) is 73.2 Å². The summed E-state index contributed by atoms with van der Waals surface area (Å²) in [6.45, 7) is 0. The third-order valence-corrected chi connectivity index (χ3v) is 6.24. The summed E-state index contributed by atoms with van der Waals surface area (Å²) in [6, 6.07) is 22.0. The van der Waals surface area contributed by atoms with Crippen LogP contribution >= 0.6 is 11.8 Å². The van der Waals surface area contributed by atoms with Gasteiger partial charge in [-0.1, -0.05) is 54.2 Å². The van der Waals surface area contributed by atoms with E-state index in [4.69, 9.17) is 0 Å². The standard InChI is InChI=1S/C25H17F2N3O2S/c26-17-12-10-16(11-13-17)14-22-24(32)30(18-6-2-1-3-7-18)25(33-22)19(15-28)23(31)29-21-9-5-4-8-20(21)27/h1-13,22H,14H2,(H,29,31)/b25-19-. The van der Waals surface area contributed by atoms with Crippen molar-refractivity contribution in [1.82, 2.24) is 0 Å². The molecule has 164 valence electrons. The molecular weight excluding hydrogens is 444 g/mol. The van der Waals surface area contributed by atoms with E-state index in [2.05, 4.69) is 5.32 Å². The van der Waals surface area contributed by atoms with Gasteiger partial charge in [0.15, 0.2) is 0 Å². The van der Waals surface area contributed by atoms with Crippen molar-refractivity contribution in [2.24, 2.45) is 0 Å². The van der Waals surface area contributed by atoms with Gasteiger partial charge in [0.1, 0.15) is 28.3 Å². The number of nitrogens with zero attached hydrogens (tertiary/aromatic N) is 2. The molecule has 0 bridgehead atoms. The second-order valence-electron chi connectivity index (χ2n) is 7.17. The second kappa shape index (κ2) is 9.67. The van der Waals surface area contributed by atoms with Crippen LogP contribution in [0.3, 0.4) is 0 Å². The first kappa shape index (κ1) is 22.2. The van der Waals surface area contributed by atoms with Gasteiger partial charge < -0.3 is 5.32 Å². The van der Waals surface area contributed by atoms with Crippen molar-refractivity contribution in [1.29, 1.82) is 5.26 Å². The minimum atomic E-state index is -0.818. The summed E-state index contributed by atoms with van der Waals surface area (Å²) < 4.78 is 27.3. The first-order valence-electron chi connectivity index (χ1n) is 9.98. The van der Waals surface area contributed by atoms with Gasteiger partial charge in [0, 0.05) is 5.69 Å². The highest BCUT2D eigenvalue weighted by Gasteiger charge is 2.40. The van der Waals surface area contributed by atoms with Crippen LogP contribution in [0.25, 0.3) is 0 Å². The van der Waals surface area contributed by atoms with E-state index < -0.39 is 17.0 Å². The molecule has 1 unspecified atom stereocenters. The van der Waals surface area contributed by atoms with Crippen molar-refractivity contribution in [2.45, 2.75) is 11.7 Å². The Morgan fingerprint density at radius 1 is 1.00 bits per heavy atom. The van der Waals surface area contributed by atoms with Crippen LogP contribution in [0, 0.1) is 23.0 Å². The van der Waals surface area contributed by atoms with Crippen molar-refractivity contribution in [3.8, 4) is 6.07 Å². The van der Waals surface area contributed by atoms with Gasteiger partial charge in [-0.05, 0) is 48.4 Å². The third kappa shape index (κ3) is 4.78. The molecule has 3 aromatic rings. The average Bonchev–Trinajstić information content (AvgIpc) is 3.13. The molecule has 2 amide bonds. The van der Waals surface area contributed by atoms with Gasteiger partial charge in [-0.25, -0.2) is 8.78 Å². The van der Waals surface area contributed by atoms with Gasteiger partial charge in [0.05, 0.1) is 10.9 Å². The molecule has 1 N–H and O–H groups in total. The number of carbonyl (C=O) groups excluding carboxylic acids is 2. The van der Waals surface area contributed by atoms with Crippen LogP contribution in [-0.2, 0) is 16.0 Å². The fourth-order valence-electron chi connectivity index (χ4n) is 3.38. The lowest BCUT2D eigenvalue weighted by Crippen LogP contribution is -2.30. The number of benzene rings is 3. The SMILES string of the molecule is N#C/C(C(=O)Nc1ccccc1F)=C1/SC(Cc2ccc(F)cc2)C(=O)N1c1ccccc1. The van der Waals surface area contributed by atoms with Crippen LogP contribution in [0.2, 0.25) is 0 Å². The van der Waals surface area contributed by atoms with Gasteiger partial charge in [-0.2, -0.15) is 5.26 Å². The van der Waals surface area contributed by atoms with Gasteiger partial charge in [0.2, 0.25) is 5.91 Å². The van der Waals surface area contributed by atoms with E-state index in [-0.39, 0.29) is 34.4 Å². The van der Waals surface area contributed by atoms with Crippen LogP contribution in [0.4, 0.5) is 20.2 Å². The van der Waals surface area contributed by atoms with E-state index in [0.29, 0.717) is 5.69 Å². The quantitative estimate of drug-likeness (QED) is 0.427. The number of thioether (sulfide) groups is 1. The van der Waals surface area contributed by atoms with Crippen LogP contribution < -0.4 is 10.2 Å². The summed E-state index contributed by atoms with van der Waals surface area (Å²) >= 11 is 1.08.